The van der Waals surface area contributed by atoms with E-state index in [1.54, 1.807) is 6.07 Å². The van der Waals surface area contributed by atoms with Gasteiger partial charge < -0.3 is 10.2 Å². The lowest BCUT2D eigenvalue weighted by molar-refractivity contribution is 0.408. The lowest BCUT2D eigenvalue weighted by atomic mass is 9.96. The van der Waals surface area contributed by atoms with Gasteiger partial charge in [0.15, 0.2) is 11.5 Å². The average molecular weight is 260 g/mol. The quantitative estimate of drug-likeness (QED) is 0.359. The Labute approximate surface area is 115 Å². The van der Waals surface area contributed by atoms with Crippen LogP contribution in [0.1, 0.15) is 0 Å². The van der Waals surface area contributed by atoms with Crippen molar-refractivity contribution in [2.75, 3.05) is 0 Å². The second-order valence-corrected chi connectivity index (χ2v) is 4.98. The van der Waals surface area contributed by atoms with Gasteiger partial charge in [0.25, 0.3) is 0 Å². The van der Waals surface area contributed by atoms with E-state index >= 15 is 0 Å². The van der Waals surface area contributed by atoms with Gasteiger partial charge in [-0.25, -0.2) is 0 Å². The van der Waals surface area contributed by atoms with E-state index in [1.807, 2.05) is 30.3 Å². The Balaban J connectivity index is 2.34. The van der Waals surface area contributed by atoms with Gasteiger partial charge in [-0.1, -0.05) is 42.5 Å². The first-order chi connectivity index (χ1) is 9.75. The highest BCUT2D eigenvalue weighted by Gasteiger charge is 2.10. The molecule has 0 aliphatic heterocycles. The molecule has 0 atom stereocenters. The number of hydrogen-bond donors (Lipinski definition) is 2. The van der Waals surface area contributed by atoms with Crippen molar-refractivity contribution in [3.05, 3.63) is 60.7 Å². The van der Waals surface area contributed by atoms with Gasteiger partial charge in [-0.2, -0.15) is 0 Å². The molecule has 0 aliphatic rings. The molecule has 2 nitrogen and oxygen atoms in total. The predicted molar refractivity (Wildman–Crippen MR) is 82.3 cm³/mol. The van der Waals surface area contributed by atoms with Crippen LogP contribution in [0.3, 0.4) is 0 Å². The summed E-state index contributed by atoms with van der Waals surface area (Å²) < 4.78 is 0. The summed E-state index contributed by atoms with van der Waals surface area (Å²) in [5, 5.41) is 25.9. The van der Waals surface area contributed by atoms with Crippen LogP contribution in [-0.4, -0.2) is 10.2 Å². The van der Waals surface area contributed by atoms with Gasteiger partial charge >= 0.3 is 0 Å². The summed E-state index contributed by atoms with van der Waals surface area (Å²) in [4.78, 5) is 0. The van der Waals surface area contributed by atoms with E-state index in [0.717, 1.165) is 21.5 Å². The van der Waals surface area contributed by atoms with Crippen molar-refractivity contribution in [3.63, 3.8) is 0 Å². The molecule has 96 valence electrons. The van der Waals surface area contributed by atoms with Crippen molar-refractivity contribution >= 4 is 32.3 Å². The number of hydrogen-bond acceptors (Lipinski definition) is 2. The molecule has 0 amide bonds. The summed E-state index contributed by atoms with van der Waals surface area (Å²) in [6.45, 7) is 0. The Morgan fingerprint density at radius 2 is 1.25 bits per heavy atom. The van der Waals surface area contributed by atoms with E-state index in [1.165, 1.54) is 5.39 Å². The van der Waals surface area contributed by atoms with Crippen molar-refractivity contribution in [1.82, 2.24) is 0 Å². The van der Waals surface area contributed by atoms with E-state index in [9.17, 15) is 10.2 Å². The van der Waals surface area contributed by atoms with E-state index in [2.05, 4.69) is 24.3 Å². The van der Waals surface area contributed by atoms with Gasteiger partial charge in [-0.05, 0) is 45.1 Å². The third-order valence-corrected chi connectivity index (χ3v) is 3.86. The number of fused-ring (bicyclic) bond motifs is 5. The van der Waals surface area contributed by atoms with Crippen molar-refractivity contribution in [2.45, 2.75) is 0 Å². The standard InChI is InChI=1S/C18H12O2/c19-16-10-9-14-15(18(16)20)8-7-12-6-5-11-3-1-2-4-13(11)17(12)14/h1-10,19-20H. The number of phenolic OH excluding ortho intramolecular Hbond substituents is 2. The van der Waals surface area contributed by atoms with Crippen molar-refractivity contribution in [1.29, 1.82) is 0 Å². The molecule has 0 aromatic heterocycles. The number of aromatic hydroxyl groups is 2. The van der Waals surface area contributed by atoms with E-state index < -0.39 is 0 Å². The third-order valence-electron chi connectivity index (χ3n) is 3.86. The number of phenols is 2. The van der Waals surface area contributed by atoms with Crippen LogP contribution in [-0.2, 0) is 0 Å². The average Bonchev–Trinajstić information content (AvgIpc) is 2.50. The second kappa shape index (κ2) is 3.87. The van der Waals surface area contributed by atoms with Gasteiger partial charge in [0.05, 0.1) is 0 Å². The molecule has 4 aromatic rings. The van der Waals surface area contributed by atoms with Crippen LogP contribution in [0.15, 0.2) is 60.7 Å². The Morgan fingerprint density at radius 1 is 0.550 bits per heavy atom. The summed E-state index contributed by atoms with van der Waals surface area (Å²) in [5.41, 5.74) is 0. The fraction of sp³-hybridized carbons (Fsp3) is 0. The monoisotopic (exact) mass is 260 g/mol. The molecule has 20 heavy (non-hydrogen) atoms. The molecule has 0 radical (unpaired) electrons. The van der Waals surface area contributed by atoms with Gasteiger partial charge in [0.1, 0.15) is 0 Å². The second-order valence-electron chi connectivity index (χ2n) is 4.98. The zero-order chi connectivity index (χ0) is 13.7. The molecule has 0 spiro atoms. The van der Waals surface area contributed by atoms with Gasteiger partial charge in [0.2, 0.25) is 0 Å². The maximum Gasteiger partial charge on any atom is 0.165 e. The summed E-state index contributed by atoms with van der Waals surface area (Å²) in [6, 6.07) is 19.6. The predicted octanol–water partition coefficient (Wildman–Crippen LogP) is 4.56. The molecule has 0 unspecified atom stereocenters. The van der Waals surface area contributed by atoms with Crippen LogP contribution in [0.25, 0.3) is 32.3 Å². The minimum Gasteiger partial charge on any atom is -0.504 e. The minimum absolute atomic E-state index is 0.0580. The molecule has 0 aliphatic carbocycles. The molecule has 4 aromatic carbocycles. The number of rotatable bonds is 0. The Kier molecular flexibility index (Phi) is 2.15. The molecule has 0 fully saturated rings. The lowest BCUT2D eigenvalue weighted by Crippen LogP contribution is -1.82. The van der Waals surface area contributed by atoms with Crippen LogP contribution in [0, 0.1) is 0 Å². The fourth-order valence-electron chi connectivity index (χ4n) is 2.88. The highest BCUT2D eigenvalue weighted by molar-refractivity contribution is 6.21. The smallest absolute Gasteiger partial charge is 0.165 e. The molecule has 0 bridgehead atoms. The van der Waals surface area contributed by atoms with Crippen LogP contribution >= 0.6 is 0 Å². The van der Waals surface area contributed by atoms with Crippen LogP contribution < -0.4 is 0 Å². The summed E-state index contributed by atoms with van der Waals surface area (Å²) >= 11 is 0. The molecular weight excluding hydrogens is 248 g/mol. The van der Waals surface area contributed by atoms with Gasteiger partial charge in [-0.3, -0.25) is 0 Å². The molecule has 4 rings (SSSR count). The first-order valence-electron chi connectivity index (χ1n) is 6.51. The van der Waals surface area contributed by atoms with Gasteiger partial charge in [-0.15, -0.1) is 0 Å². The third kappa shape index (κ3) is 1.39. The summed E-state index contributed by atoms with van der Waals surface area (Å²) in [5.74, 6) is -0.144. The Morgan fingerprint density at radius 3 is 2.15 bits per heavy atom. The fourth-order valence-corrected chi connectivity index (χ4v) is 2.88. The molecule has 2 N–H and O–H groups in total. The first-order valence-corrected chi connectivity index (χ1v) is 6.51. The minimum atomic E-state index is -0.0860. The maximum absolute atomic E-state index is 10.0. The first kappa shape index (κ1) is 11.1. The highest BCUT2D eigenvalue weighted by atomic mass is 16.3. The normalized spacial score (nSPS) is 11.4. The Bertz CT molecular complexity index is 971. The number of benzene rings is 4. The lowest BCUT2D eigenvalue weighted by Gasteiger charge is -2.09. The van der Waals surface area contributed by atoms with Crippen LogP contribution in [0.5, 0.6) is 11.5 Å². The molecule has 2 heteroatoms. The molecule has 0 heterocycles. The zero-order valence-electron chi connectivity index (χ0n) is 10.7. The molecule has 0 saturated heterocycles. The summed E-state index contributed by atoms with van der Waals surface area (Å²) in [7, 11) is 0. The van der Waals surface area contributed by atoms with E-state index in [-0.39, 0.29) is 11.5 Å². The largest absolute Gasteiger partial charge is 0.504 e. The zero-order valence-corrected chi connectivity index (χ0v) is 10.7. The maximum atomic E-state index is 10.0. The van der Waals surface area contributed by atoms with Crippen molar-refractivity contribution in [2.24, 2.45) is 0 Å². The SMILES string of the molecule is Oc1ccc2c(ccc3ccc4ccccc4c32)c1O. The molecule has 0 saturated carbocycles. The van der Waals surface area contributed by atoms with Crippen molar-refractivity contribution < 1.29 is 10.2 Å². The van der Waals surface area contributed by atoms with E-state index in [0.29, 0.717) is 5.39 Å². The van der Waals surface area contributed by atoms with E-state index in [4.69, 9.17) is 0 Å². The topological polar surface area (TPSA) is 40.5 Å². The van der Waals surface area contributed by atoms with Crippen molar-refractivity contribution in [3.8, 4) is 11.5 Å². The van der Waals surface area contributed by atoms with Crippen LogP contribution in [0.4, 0.5) is 0 Å². The van der Waals surface area contributed by atoms with Crippen LogP contribution in [0.2, 0.25) is 0 Å². The van der Waals surface area contributed by atoms with Gasteiger partial charge in [0, 0.05) is 5.39 Å². The molecular formula is C18H12O2. The summed E-state index contributed by atoms with van der Waals surface area (Å²) in [6.07, 6.45) is 0. The highest BCUT2D eigenvalue weighted by Crippen LogP contribution is 2.39. The Hall–Kier alpha value is -2.74.